The van der Waals surface area contributed by atoms with Crippen molar-refractivity contribution in [2.45, 2.75) is 42.6 Å². The van der Waals surface area contributed by atoms with Crippen LogP contribution in [0.4, 0.5) is 0 Å². The van der Waals surface area contributed by atoms with Crippen molar-refractivity contribution in [2.24, 2.45) is 0 Å². The Morgan fingerprint density at radius 2 is 2.08 bits per heavy atom. The normalized spacial score (nSPS) is 15.0. The first-order valence-corrected chi connectivity index (χ1v) is 9.58. The number of para-hydroxylation sites is 1. The number of hydrogen-bond donors (Lipinski definition) is 1. The zero-order valence-corrected chi connectivity index (χ0v) is 15.3. The zero-order chi connectivity index (χ0) is 17.9. The fourth-order valence-corrected chi connectivity index (χ4v) is 3.62. The summed E-state index contributed by atoms with van der Waals surface area (Å²) in [6.07, 6.45) is 3.89. The van der Waals surface area contributed by atoms with Crippen molar-refractivity contribution in [3.8, 4) is 5.69 Å². The highest BCUT2D eigenvalue weighted by molar-refractivity contribution is 8.00. The van der Waals surface area contributed by atoms with E-state index in [1.165, 1.54) is 11.8 Å². The molecule has 1 fully saturated rings. The number of carbonyl (C=O) groups is 1. The van der Waals surface area contributed by atoms with Crippen molar-refractivity contribution in [1.82, 2.24) is 20.1 Å². The Kier molecular flexibility index (Phi) is 4.79. The Hall–Kier alpha value is -2.54. The van der Waals surface area contributed by atoms with Gasteiger partial charge in [0.1, 0.15) is 11.6 Å². The second kappa shape index (κ2) is 7.37. The summed E-state index contributed by atoms with van der Waals surface area (Å²) >= 11 is 1.42. The average molecular weight is 368 g/mol. The molecule has 0 aliphatic heterocycles. The maximum atomic E-state index is 12.4. The number of amides is 1. The van der Waals surface area contributed by atoms with E-state index in [9.17, 15) is 4.79 Å². The van der Waals surface area contributed by atoms with Crippen LogP contribution in [-0.2, 0) is 11.3 Å². The fraction of sp³-hybridized carbons (Fsp3) is 0.316. The predicted molar refractivity (Wildman–Crippen MR) is 99.2 cm³/mol. The molecule has 0 radical (unpaired) electrons. The van der Waals surface area contributed by atoms with Crippen LogP contribution in [-0.4, -0.2) is 25.9 Å². The molecule has 1 amide bonds. The van der Waals surface area contributed by atoms with Crippen molar-refractivity contribution in [2.75, 3.05) is 0 Å². The molecular weight excluding hydrogens is 348 g/mol. The minimum absolute atomic E-state index is 0.0537. The van der Waals surface area contributed by atoms with Crippen LogP contribution >= 0.6 is 11.8 Å². The molecule has 1 atom stereocenters. The van der Waals surface area contributed by atoms with Gasteiger partial charge in [0, 0.05) is 11.6 Å². The van der Waals surface area contributed by atoms with Gasteiger partial charge in [-0.15, -0.1) is 10.2 Å². The van der Waals surface area contributed by atoms with Crippen LogP contribution in [0.1, 0.15) is 37.3 Å². The van der Waals surface area contributed by atoms with Crippen molar-refractivity contribution >= 4 is 17.7 Å². The summed E-state index contributed by atoms with van der Waals surface area (Å²) in [5.74, 6) is 2.14. The Bertz CT molecular complexity index is 872. The van der Waals surface area contributed by atoms with Gasteiger partial charge in [0.05, 0.1) is 18.1 Å². The molecule has 1 aromatic carbocycles. The Labute approximate surface area is 156 Å². The van der Waals surface area contributed by atoms with Gasteiger partial charge in [-0.2, -0.15) is 0 Å². The SMILES string of the molecule is CC(Sc1nnc(C2CC2)n1-c1ccccc1)C(=O)NCc1ccco1. The number of furan rings is 1. The summed E-state index contributed by atoms with van der Waals surface area (Å²) in [5.41, 5.74) is 1.03. The maximum absolute atomic E-state index is 12.4. The van der Waals surface area contributed by atoms with Crippen LogP contribution in [0.25, 0.3) is 5.69 Å². The molecule has 2 aromatic heterocycles. The highest BCUT2D eigenvalue weighted by Crippen LogP contribution is 2.41. The number of rotatable bonds is 7. The quantitative estimate of drug-likeness (QED) is 0.646. The summed E-state index contributed by atoms with van der Waals surface area (Å²) in [4.78, 5) is 12.4. The largest absolute Gasteiger partial charge is 0.467 e. The lowest BCUT2D eigenvalue weighted by molar-refractivity contribution is -0.120. The Morgan fingerprint density at radius 3 is 2.77 bits per heavy atom. The molecule has 6 nitrogen and oxygen atoms in total. The van der Waals surface area contributed by atoms with Crippen LogP contribution in [0.15, 0.2) is 58.3 Å². The fourth-order valence-electron chi connectivity index (χ4n) is 2.73. The third-order valence-electron chi connectivity index (χ3n) is 4.28. The highest BCUT2D eigenvalue weighted by atomic mass is 32.2. The summed E-state index contributed by atoms with van der Waals surface area (Å²) in [6.45, 7) is 2.26. The van der Waals surface area contributed by atoms with Crippen LogP contribution in [0.5, 0.6) is 0 Å². The smallest absolute Gasteiger partial charge is 0.233 e. The number of nitrogens with one attached hydrogen (secondary N) is 1. The number of hydrogen-bond acceptors (Lipinski definition) is 5. The number of thioether (sulfide) groups is 1. The lowest BCUT2D eigenvalue weighted by Crippen LogP contribution is -2.30. The van der Waals surface area contributed by atoms with Crippen molar-refractivity contribution in [1.29, 1.82) is 0 Å². The molecule has 134 valence electrons. The number of nitrogens with zero attached hydrogens (tertiary/aromatic N) is 3. The zero-order valence-electron chi connectivity index (χ0n) is 14.5. The van der Waals surface area contributed by atoms with Crippen LogP contribution in [0.3, 0.4) is 0 Å². The van der Waals surface area contributed by atoms with Gasteiger partial charge >= 0.3 is 0 Å². The summed E-state index contributed by atoms with van der Waals surface area (Å²) in [7, 11) is 0. The van der Waals surface area contributed by atoms with Gasteiger partial charge in [-0.1, -0.05) is 30.0 Å². The molecule has 0 saturated heterocycles. The molecule has 1 aliphatic rings. The van der Waals surface area contributed by atoms with E-state index >= 15 is 0 Å². The minimum Gasteiger partial charge on any atom is -0.467 e. The van der Waals surface area contributed by atoms with E-state index < -0.39 is 0 Å². The third kappa shape index (κ3) is 3.67. The van der Waals surface area contributed by atoms with E-state index in [0.717, 1.165) is 35.3 Å². The summed E-state index contributed by atoms with van der Waals surface area (Å²) < 4.78 is 7.33. The minimum atomic E-state index is -0.288. The molecule has 1 N–H and O–H groups in total. The van der Waals surface area contributed by atoms with Gasteiger partial charge in [-0.05, 0) is 44.0 Å². The van der Waals surface area contributed by atoms with E-state index in [0.29, 0.717) is 12.5 Å². The number of aromatic nitrogens is 3. The molecule has 0 spiro atoms. The number of benzene rings is 1. The Balaban J connectivity index is 1.49. The van der Waals surface area contributed by atoms with Crippen molar-refractivity contribution in [3.63, 3.8) is 0 Å². The molecular formula is C19H20N4O2S. The van der Waals surface area contributed by atoms with E-state index in [1.807, 2.05) is 43.3 Å². The maximum Gasteiger partial charge on any atom is 0.233 e. The highest BCUT2D eigenvalue weighted by Gasteiger charge is 2.31. The lowest BCUT2D eigenvalue weighted by Gasteiger charge is -2.13. The van der Waals surface area contributed by atoms with Gasteiger partial charge in [0.15, 0.2) is 5.16 Å². The monoisotopic (exact) mass is 368 g/mol. The average Bonchev–Trinajstić information content (AvgIpc) is 3.21. The molecule has 0 bridgehead atoms. The van der Waals surface area contributed by atoms with Crippen molar-refractivity contribution in [3.05, 3.63) is 60.3 Å². The molecule has 3 aromatic rings. The third-order valence-corrected chi connectivity index (χ3v) is 5.33. The van der Waals surface area contributed by atoms with Crippen LogP contribution in [0.2, 0.25) is 0 Å². The summed E-state index contributed by atoms with van der Waals surface area (Å²) in [6, 6.07) is 13.7. The molecule has 7 heteroatoms. The topological polar surface area (TPSA) is 73.0 Å². The molecule has 1 saturated carbocycles. The number of carbonyl (C=O) groups excluding carboxylic acids is 1. The Morgan fingerprint density at radius 1 is 1.27 bits per heavy atom. The van der Waals surface area contributed by atoms with Crippen LogP contribution in [0, 0.1) is 0 Å². The van der Waals surface area contributed by atoms with Gasteiger partial charge in [-0.25, -0.2) is 0 Å². The second-order valence-electron chi connectivity index (χ2n) is 6.34. The van der Waals surface area contributed by atoms with Gasteiger partial charge in [0.2, 0.25) is 5.91 Å². The van der Waals surface area contributed by atoms with Gasteiger partial charge < -0.3 is 9.73 Å². The first-order chi connectivity index (χ1) is 12.7. The lowest BCUT2D eigenvalue weighted by atomic mass is 10.3. The molecule has 26 heavy (non-hydrogen) atoms. The van der Waals surface area contributed by atoms with E-state index in [-0.39, 0.29) is 11.2 Å². The first-order valence-electron chi connectivity index (χ1n) is 8.70. The molecule has 1 unspecified atom stereocenters. The van der Waals surface area contributed by atoms with Gasteiger partial charge in [0.25, 0.3) is 0 Å². The van der Waals surface area contributed by atoms with E-state index in [1.54, 1.807) is 12.3 Å². The predicted octanol–water partition coefficient (Wildman–Crippen LogP) is 3.53. The van der Waals surface area contributed by atoms with Crippen molar-refractivity contribution < 1.29 is 9.21 Å². The van der Waals surface area contributed by atoms with E-state index in [4.69, 9.17) is 4.42 Å². The van der Waals surface area contributed by atoms with E-state index in [2.05, 4.69) is 20.1 Å². The standard InChI is InChI=1S/C19H20N4O2S/c1-13(18(24)20-12-16-8-5-11-25-16)26-19-22-21-17(14-9-10-14)23(19)15-6-3-2-4-7-15/h2-8,11,13-14H,9-10,12H2,1H3,(H,20,24). The second-order valence-corrected chi connectivity index (χ2v) is 7.65. The molecule has 1 aliphatic carbocycles. The first kappa shape index (κ1) is 16.9. The summed E-state index contributed by atoms with van der Waals surface area (Å²) in [5, 5.41) is 12.1. The molecule has 2 heterocycles. The molecule has 4 rings (SSSR count). The van der Waals surface area contributed by atoms with Crippen LogP contribution < -0.4 is 5.32 Å². The van der Waals surface area contributed by atoms with Gasteiger partial charge in [-0.3, -0.25) is 9.36 Å².